The normalized spacial score (nSPS) is 10.2. The molecule has 0 unspecified atom stereocenters. The second-order valence-corrected chi connectivity index (χ2v) is 3.96. The van der Waals surface area contributed by atoms with E-state index in [0.29, 0.717) is 10.6 Å². The predicted molar refractivity (Wildman–Crippen MR) is 59.7 cm³/mol. The lowest BCUT2D eigenvalue weighted by molar-refractivity contribution is -0.402. The number of nitro groups is 1. The first-order chi connectivity index (χ1) is 8.13. The Balaban J connectivity index is 2.34. The van der Waals surface area contributed by atoms with E-state index in [1.54, 1.807) is 11.4 Å². The van der Waals surface area contributed by atoms with E-state index < -0.39 is 16.6 Å². The summed E-state index contributed by atoms with van der Waals surface area (Å²) in [6.07, 6.45) is 0. The van der Waals surface area contributed by atoms with Gasteiger partial charge in [-0.2, -0.15) is 0 Å². The molecule has 88 valence electrons. The molecule has 0 aliphatic carbocycles. The molecule has 2 heterocycles. The third kappa shape index (κ3) is 2.04. The van der Waals surface area contributed by atoms with Crippen molar-refractivity contribution >= 4 is 23.0 Å². The van der Waals surface area contributed by atoms with Crippen LogP contribution in [0.4, 0.5) is 5.88 Å². The molecule has 0 spiro atoms. The Hall–Kier alpha value is -2.15. The molecule has 7 heteroatoms. The number of hydrogen-bond donors (Lipinski definition) is 0. The molecule has 0 amide bonds. The molecule has 0 saturated carbocycles. The van der Waals surface area contributed by atoms with Gasteiger partial charge in [-0.05, 0) is 17.5 Å². The van der Waals surface area contributed by atoms with Crippen molar-refractivity contribution in [1.29, 1.82) is 0 Å². The quantitative estimate of drug-likeness (QED) is 0.475. The van der Waals surface area contributed by atoms with Crippen LogP contribution in [-0.4, -0.2) is 17.8 Å². The van der Waals surface area contributed by atoms with Gasteiger partial charge in [0.05, 0.1) is 13.2 Å². The van der Waals surface area contributed by atoms with Gasteiger partial charge in [-0.15, -0.1) is 11.3 Å². The molecule has 17 heavy (non-hydrogen) atoms. The molecule has 6 nitrogen and oxygen atoms in total. The van der Waals surface area contributed by atoms with Crippen LogP contribution in [0.2, 0.25) is 0 Å². The van der Waals surface area contributed by atoms with Crippen molar-refractivity contribution in [3.8, 4) is 5.75 Å². The van der Waals surface area contributed by atoms with Crippen molar-refractivity contribution in [3.05, 3.63) is 44.3 Å². The molecule has 0 aliphatic rings. The van der Waals surface area contributed by atoms with Crippen molar-refractivity contribution in [1.82, 2.24) is 0 Å². The predicted octanol–water partition coefficient (Wildman–Crippen LogP) is 2.49. The molecular weight excluding hydrogens is 246 g/mol. The zero-order chi connectivity index (χ0) is 12.4. The standard InChI is InChI=1S/C10H7NO5S/c1-15-7-4-5-17-10(7)9(12)6-2-3-8(16-6)11(13)14/h2-5H,1H3. The maximum absolute atomic E-state index is 11.9. The first kappa shape index (κ1) is 11.3. The average molecular weight is 253 g/mol. The fourth-order valence-electron chi connectivity index (χ4n) is 1.28. The zero-order valence-corrected chi connectivity index (χ0v) is 9.52. The van der Waals surface area contributed by atoms with Gasteiger partial charge in [-0.3, -0.25) is 14.9 Å². The highest BCUT2D eigenvalue weighted by molar-refractivity contribution is 7.12. The molecule has 0 aromatic carbocycles. The monoisotopic (exact) mass is 253 g/mol. The van der Waals surface area contributed by atoms with E-state index in [1.807, 2.05) is 0 Å². The minimum absolute atomic E-state index is 0.0718. The first-order valence-electron chi connectivity index (χ1n) is 4.54. The summed E-state index contributed by atoms with van der Waals surface area (Å²) in [5.74, 6) is -0.523. The SMILES string of the molecule is COc1ccsc1C(=O)c1ccc([N+](=O)[O-])o1. The fourth-order valence-corrected chi connectivity index (χ4v) is 2.09. The Kier molecular flexibility index (Phi) is 2.92. The van der Waals surface area contributed by atoms with Crippen LogP contribution in [0, 0.1) is 10.1 Å². The van der Waals surface area contributed by atoms with Crippen LogP contribution in [0.15, 0.2) is 28.0 Å². The lowest BCUT2D eigenvalue weighted by Gasteiger charge is -1.98. The van der Waals surface area contributed by atoms with E-state index in [1.165, 1.54) is 24.5 Å². The highest BCUT2D eigenvalue weighted by atomic mass is 32.1. The van der Waals surface area contributed by atoms with Gasteiger partial charge in [0, 0.05) is 0 Å². The van der Waals surface area contributed by atoms with Gasteiger partial charge in [-0.25, -0.2) is 0 Å². The van der Waals surface area contributed by atoms with Crippen LogP contribution in [-0.2, 0) is 0 Å². The molecule has 2 aromatic heterocycles. The van der Waals surface area contributed by atoms with Gasteiger partial charge in [0.2, 0.25) is 5.78 Å². The summed E-state index contributed by atoms with van der Waals surface area (Å²) in [7, 11) is 1.45. The van der Waals surface area contributed by atoms with Crippen LogP contribution >= 0.6 is 11.3 Å². The molecule has 0 saturated heterocycles. The van der Waals surface area contributed by atoms with Gasteiger partial charge in [0.1, 0.15) is 15.5 Å². The van der Waals surface area contributed by atoms with Gasteiger partial charge < -0.3 is 9.15 Å². The van der Waals surface area contributed by atoms with Crippen LogP contribution in [0.3, 0.4) is 0 Å². The first-order valence-corrected chi connectivity index (χ1v) is 5.42. The van der Waals surface area contributed by atoms with Gasteiger partial charge in [0.15, 0.2) is 5.76 Å². The summed E-state index contributed by atoms with van der Waals surface area (Å²) in [5, 5.41) is 12.1. The zero-order valence-electron chi connectivity index (χ0n) is 8.71. The minimum atomic E-state index is -0.692. The Morgan fingerprint density at radius 2 is 2.24 bits per heavy atom. The lowest BCUT2D eigenvalue weighted by atomic mass is 10.2. The molecule has 0 aliphatic heterocycles. The summed E-state index contributed by atoms with van der Waals surface area (Å²) >= 11 is 1.19. The number of hydrogen-bond acceptors (Lipinski definition) is 6. The molecule has 2 aromatic rings. The number of furan rings is 1. The highest BCUT2D eigenvalue weighted by Gasteiger charge is 2.22. The number of thiophene rings is 1. The lowest BCUT2D eigenvalue weighted by Crippen LogP contribution is -1.99. The van der Waals surface area contributed by atoms with E-state index in [4.69, 9.17) is 9.15 Å². The minimum Gasteiger partial charge on any atom is -0.495 e. The molecular formula is C10H7NO5S. The maximum Gasteiger partial charge on any atom is 0.433 e. The second kappa shape index (κ2) is 4.38. The van der Waals surface area contributed by atoms with Crippen molar-refractivity contribution in [2.24, 2.45) is 0 Å². The van der Waals surface area contributed by atoms with E-state index in [-0.39, 0.29) is 5.76 Å². The molecule has 2 rings (SSSR count). The van der Waals surface area contributed by atoms with E-state index in [2.05, 4.69) is 0 Å². The number of ketones is 1. The Bertz CT molecular complexity index is 571. The number of carbonyl (C=O) groups excluding carboxylic acids is 1. The number of carbonyl (C=O) groups is 1. The number of methoxy groups -OCH3 is 1. The van der Waals surface area contributed by atoms with E-state index in [9.17, 15) is 14.9 Å². The average Bonchev–Trinajstić information content (AvgIpc) is 2.96. The Morgan fingerprint density at radius 3 is 2.82 bits per heavy atom. The third-order valence-electron chi connectivity index (χ3n) is 2.05. The topological polar surface area (TPSA) is 82.6 Å². The summed E-state index contributed by atoms with van der Waals surface area (Å²) in [6.45, 7) is 0. The third-order valence-corrected chi connectivity index (χ3v) is 2.95. The Morgan fingerprint density at radius 1 is 1.47 bits per heavy atom. The summed E-state index contributed by atoms with van der Waals surface area (Å²) in [6, 6.07) is 4.07. The summed E-state index contributed by atoms with van der Waals surface area (Å²) in [4.78, 5) is 22.0. The largest absolute Gasteiger partial charge is 0.495 e. The van der Waals surface area contributed by atoms with Crippen molar-refractivity contribution < 1.29 is 18.9 Å². The summed E-state index contributed by atoms with van der Waals surface area (Å²) < 4.78 is 9.83. The van der Waals surface area contributed by atoms with Gasteiger partial charge in [0.25, 0.3) is 0 Å². The van der Waals surface area contributed by atoms with E-state index >= 15 is 0 Å². The molecule has 0 bridgehead atoms. The maximum atomic E-state index is 11.9. The van der Waals surface area contributed by atoms with Crippen molar-refractivity contribution in [2.45, 2.75) is 0 Å². The van der Waals surface area contributed by atoms with Crippen LogP contribution in [0.25, 0.3) is 0 Å². The Labute approximate surface area is 99.6 Å². The second-order valence-electron chi connectivity index (χ2n) is 3.04. The molecule has 0 atom stereocenters. The van der Waals surface area contributed by atoms with Crippen molar-refractivity contribution in [3.63, 3.8) is 0 Å². The summed E-state index contributed by atoms with van der Waals surface area (Å²) in [5.41, 5.74) is 0. The number of rotatable bonds is 4. The highest BCUT2D eigenvalue weighted by Crippen LogP contribution is 2.28. The van der Waals surface area contributed by atoms with Crippen LogP contribution in [0.5, 0.6) is 5.75 Å². The molecule has 0 radical (unpaired) electrons. The van der Waals surface area contributed by atoms with E-state index in [0.717, 1.165) is 6.07 Å². The smallest absolute Gasteiger partial charge is 0.433 e. The fraction of sp³-hybridized carbons (Fsp3) is 0.100. The van der Waals surface area contributed by atoms with Crippen LogP contribution in [0.1, 0.15) is 15.4 Å². The van der Waals surface area contributed by atoms with Crippen LogP contribution < -0.4 is 4.74 Å². The molecule has 0 fully saturated rings. The number of nitrogens with zero attached hydrogens (tertiary/aromatic N) is 1. The van der Waals surface area contributed by atoms with Gasteiger partial charge in [-0.1, -0.05) is 0 Å². The van der Waals surface area contributed by atoms with Crippen molar-refractivity contribution in [2.75, 3.05) is 7.11 Å². The molecule has 0 N–H and O–H groups in total. The number of ether oxygens (including phenoxy) is 1. The van der Waals surface area contributed by atoms with Gasteiger partial charge >= 0.3 is 5.88 Å².